The smallest absolute Gasteiger partial charge is 0.227 e. The maximum atomic E-state index is 5.91. The molecule has 3 rings (SSSR count). The van der Waals surface area contributed by atoms with E-state index < -0.39 is 0 Å². The van der Waals surface area contributed by atoms with Crippen LogP contribution in [0.25, 0.3) is 10.9 Å². The van der Waals surface area contributed by atoms with E-state index in [1.165, 1.54) is 0 Å². The Bertz CT molecular complexity index is 709. The fraction of sp³-hybridized carbons (Fsp3) is 0.526. The summed E-state index contributed by atoms with van der Waals surface area (Å²) in [7, 11) is 0. The lowest BCUT2D eigenvalue weighted by atomic mass is 10.2. The van der Waals surface area contributed by atoms with Gasteiger partial charge in [-0.15, -0.1) is 0 Å². The van der Waals surface area contributed by atoms with Crippen molar-refractivity contribution in [1.29, 1.82) is 0 Å². The van der Waals surface area contributed by atoms with Crippen molar-refractivity contribution in [2.24, 2.45) is 0 Å². The summed E-state index contributed by atoms with van der Waals surface area (Å²) in [6.45, 7) is 14.6. The third-order valence-electron chi connectivity index (χ3n) is 3.60. The molecule has 1 atom stereocenters. The first-order chi connectivity index (χ1) is 12.1. The number of nitrogens with zero attached hydrogens (tertiary/aromatic N) is 4. The Labute approximate surface area is 151 Å². The number of ether oxygens (including phenoxy) is 1. The molecule has 6 nitrogen and oxygen atoms in total. The number of hydrogen-bond acceptors (Lipinski definition) is 6. The summed E-state index contributed by atoms with van der Waals surface area (Å²) in [6, 6.07) is 2.09. The standard InChI is InChI=1S/C15H19N5O.2C2H6/c1-4-6-20-10(5-2)8-21-14-12-11(7-9(3)17-14)18-15(16)19-13(12)20;2*1-2/h4,6-7,10H,5,8H2,1-3H3,(H2,16,18,19);2*1-2H3/b6-4-;;. The van der Waals surface area contributed by atoms with E-state index in [1.807, 2.05) is 59.9 Å². The van der Waals surface area contributed by atoms with Gasteiger partial charge in [0.15, 0.2) is 5.82 Å². The van der Waals surface area contributed by atoms with Crippen LogP contribution in [0.4, 0.5) is 11.8 Å². The molecule has 1 aliphatic rings. The lowest BCUT2D eigenvalue weighted by molar-refractivity contribution is 0.281. The van der Waals surface area contributed by atoms with Crippen LogP contribution in [0, 0.1) is 6.92 Å². The van der Waals surface area contributed by atoms with Gasteiger partial charge in [-0.05, 0) is 26.3 Å². The third kappa shape index (κ3) is 4.38. The Kier molecular flexibility index (Phi) is 8.11. The second-order valence-electron chi connectivity index (χ2n) is 5.13. The average molecular weight is 345 g/mol. The molecule has 2 N–H and O–H groups in total. The molecule has 0 fully saturated rings. The summed E-state index contributed by atoms with van der Waals surface area (Å²) in [5, 5.41) is 0.823. The van der Waals surface area contributed by atoms with Crippen molar-refractivity contribution in [3.8, 4) is 5.88 Å². The molecule has 1 aliphatic heterocycles. The van der Waals surface area contributed by atoms with Crippen molar-refractivity contribution in [3.05, 3.63) is 24.0 Å². The van der Waals surface area contributed by atoms with E-state index in [9.17, 15) is 0 Å². The first-order valence-corrected chi connectivity index (χ1v) is 9.12. The summed E-state index contributed by atoms with van der Waals surface area (Å²) in [6.07, 6.45) is 4.93. The topological polar surface area (TPSA) is 77.2 Å². The second-order valence-corrected chi connectivity index (χ2v) is 5.13. The molecule has 0 aliphatic carbocycles. The van der Waals surface area contributed by atoms with Crippen LogP contribution in [0.1, 0.15) is 53.7 Å². The zero-order chi connectivity index (χ0) is 19.0. The molecule has 2 aromatic rings. The van der Waals surface area contributed by atoms with Gasteiger partial charge in [-0.3, -0.25) is 0 Å². The molecule has 0 saturated carbocycles. The van der Waals surface area contributed by atoms with Crippen LogP contribution in [0.5, 0.6) is 5.88 Å². The molecule has 0 bridgehead atoms. The van der Waals surface area contributed by atoms with Crippen LogP contribution in [-0.4, -0.2) is 27.6 Å². The van der Waals surface area contributed by atoms with Crippen molar-refractivity contribution in [2.45, 2.75) is 60.9 Å². The zero-order valence-corrected chi connectivity index (χ0v) is 16.5. The molecule has 2 aromatic heterocycles. The lowest BCUT2D eigenvalue weighted by Gasteiger charge is -2.26. The van der Waals surface area contributed by atoms with Crippen molar-refractivity contribution in [1.82, 2.24) is 15.0 Å². The van der Waals surface area contributed by atoms with Gasteiger partial charge in [-0.1, -0.05) is 40.7 Å². The highest BCUT2D eigenvalue weighted by atomic mass is 16.5. The normalized spacial score (nSPS) is 15.6. The number of allylic oxidation sites excluding steroid dienone is 1. The van der Waals surface area contributed by atoms with Crippen LogP contribution in [0.15, 0.2) is 18.3 Å². The molecule has 3 heterocycles. The van der Waals surface area contributed by atoms with Crippen molar-refractivity contribution in [2.75, 3.05) is 17.2 Å². The molecule has 0 spiro atoms. The predicted molar refractivity (Wildman–Crippen MR) is 106 cm³/mol. The number of aryl methyl sites for hydroxylation is 1. The minimum atomic E-state index is 0.188. The van der Waals surface area contributed by atoms with Gasteiger partial charge in [-0.2, -0.15) is 4.98 Å². The summed E-state index contributed by atoms with van der Waals surface area (Å²) >= 11 is 0. The van der Waals surface area contributed by atoms with Crippen LogP contribution in [0.2, 0.25) is 0 Å². The highest BCUT2D eigenvalue weighted by Gasteiger charge is 2.27. The van der Waals surface area contributed by atoms with Gasteiger partial charge in [0, 0.05) is 11.9 Å². The van der Waals surface area contributed by atoms with Crippen molar-refractivity contribution in [3.63, 3.8) is 0 Å². The number of nitrogen functional groups attached to an aromatic ring is 1. The Hall–Kier alpha value is -2.37. The SMILES string of the molecule is C/C=C\N1c2nc(N)nc3cc(C)nc(c23)OCC1CC.CC.CC. The van der Waals surface area contributed by atoms with Crippen LogP contribution < -0.4 is 15.4 Å². The fourth-order valence-electron chi connectivity index (χ4n) is 2.63. The van der Waals surface area contributed by atoms with Crippen LogP contribution in [-0.2, 0) is 0 Å². The molecule has 6 heteroatoms. The first kappa shape index (κ1) is 20.7. The third-order valence-corrected chi connectivity index (χ3v) is 3.60. The van der Waals surface area contributed by atoms with Gasteiger partial charge >= 0.3 is 0 Å². The highest BCUT2D eigenvalue weighted by molar-refractivity contribution is 5.95. The number of aromatic nitrogens is 3. The minimum Gasteiger partial charge on any atom is -0.475 e. The van der Waals surface area contributed by atoms with Crippen LogP contribution in [0.3, 0.4) is 0 Å². The van der Waals surface area contributed by atoms with Gasteiger partial charge in [0.25, 0.3) is 0 Å². The summed E-state index contributed by atoms with van der Waals surface area (Å²) in [5.74, 6) is 1.62. The molecule has 25 heavy (non-hydrogen) atoms. The average Bonchev–Trinajstić information content (AvgIpc) is 2.76. The number of pyridine rings is 1. The monoisotopic (exact) mass is 345 g/mol. The summed E-state index contributed by atoms with van der Waals surface area (Å²) < 4.78 is 5.91. The first-order valence-electron chi connectivity index (χ1n) is 9.12. The van der Waals surface area contributed by atoms with E-state index in [4.69, 9.17) is 10.5 Å². The Morgan fingerprint density at radius 1 is 1.24 bits per heavy atom. The van der Waals surface area contributed by atoms with E-state index in [0.717, 1.165) is 28.8 Å². The molecular weight excluding hydrogens is 314 g/mol. The molecular formula is C19H31N5O. The number of rotatable bonds is 2. The van der Waals surface area contributed by atoms with E-state index in [1.54, 1.807) is 0 Å². The maximum absolute atomic E-state index is 5.91. The van der Waals surface area contributed by atoms with Gasteiger partial charge in [0.1, 0.15) is 12.0 Å². The molecule has 0 aromatic carbocycles. The highest BCUT2D eigenvalue weighted by Crippen LogP contribution is 2.36. The summed E-state index contributed by atoms with van der Waals surface area (Å²) in [5.41, 5.74) is 7.51. The number of anilines is 2. The Morgan fingerprint density at radius 3 is 2.52 bits per heavy atom. The largest absolute Gasteiger partial charge is 0.475 e. The van der Waals surface area contributed by atoms with E-state index >= 15 is 0 Å². The second kappa shape index (κ2) is 9.81. The number of nitrogens with two attached hydrogens (primary N) is 1. The number of hydrogen-bond donors (Lipinski definition) is 1. The molecule has 0 amide bonds. The van der Waals surface area contributed by atoms with Gasteiger partial charge in [-0.25, -0.2) is 9.97 Å². The summed E-state index contributed by atoms with van der Waals surface area (Å²) in [4.78, 5) is 15.4. The fourth-order valence-corrected chi connectivity index (χ4v) is 2.63. The van der Waals surface area contributed by atoms with Gasteiger partial charge in [0.05, 0.1) is 11.6 Å². The predicted octanol–water partition coefficient (Wildman–Crippen LogP) is 4.48. The van der Waals surface area contributed by atoms with Crippen molar-refractivity contribution >= 4 is 22.7 Å². The Balaban J connectivity index is 0.000000730. The molecule has 0 saturated heterocycles. The Morgan fingerprint density at radius 2 is 1.92 bits per heavy atom. The quantitative estimate of drug-likeness (QED) is 0.865. The zero-order valence-electron chi connectivity index (χ0n) is 16.5. The van der Waals surface area contributed by atoms with Crippen molar-refractivity contribution < 1.29 is 4.74 Å². The minimum absolute atomic E-state index is 0.188. The van der Waals surface area contributed by atoms with Crippen LogP contribution >= 0.6 is 0 Å². The molecule has 138 valence electrons. The van der Waals surface area contributed by atoms with E-state index in [-0.39, 0.29) is 12.0 Å². The van der Waals surface area contributed by atoms with E-state index in [2.05, 4.69) is 26.8 Å². The molecule has 0 radical (unpaired) electrons. The molecule has 1 unspecified atom stereocenters. The van der Waals surface area contributed by atoms with E-state index in [0.29, 0.717) is 12.5 Å². The van der Waals surface area contributed by atoms with Gasteiger partial charge in [0.2, 0.25) is 11.8 Å². The van der Waals surface area contributed by atoms with Gasteiger partial charge < -0.3 is 15.4 Å². The lowest BCUT2D eigenvalue weighted by Crippen LogP contribution is -2.34. The maximum Gasteiger partial charge on any atom is 0.227 e.